The van der Waals surface area contributed by atoms with Gasteiger partial charge in [0, 0.05) is 22.6 Å². The second-order valence-electron chi connectivity index (χ2n) is 5.55. The molecule has 1 heterocycles. The van der Waals surface area contributed by atoms with E-state index in [9.17, 15) is 9.59 Å². The lowest BCUT2D eigenvalue weighted by atomic mass is 9.98. The maximum absolute atomic E-state index is 11.9. The molecule has 0 radical (unpaired) electrons. The third kappa shape index (κ3) is 3.59. The summed E-state index contributed by atoms with van der Waals surface area (Å²) in [5, 5.41) is 11.9. The number of allylic oxidation sites excluding steroid dienone is 1. The Bertz CT molecular complexity index is 816. The summed E-state index contributed by atoms with van der Waals surface area (Å²) in [6.07, 6.45) is 3.07. The first-order valence-electron chi connectivity index (χ1n) is 7.67. The van der Waals surface area contributed by atoms with Crippen LogP contribution in [0.4, 0.5) is 0 Å². The number of amides is 1. The number of rotatable bonds is 6. The first kappa shape index (κ1) is 17.6. The normalized spacial score (nSPS) is 11.6. The molecular formula is C18H21NO5. The molecule has 24 heavy (non-hydrogen) atoms. The average molecular weight is 331 g/mol. The molecule has 1 aromatic carbocycles. The Morgan fingerprint density at radius 3 is 2.71 bits per heavy atom. The average Bonchev–Trinajstić information content (AvgIpc) is 2.89. The summed E-state index contributed by atoms with van der Waals surface area (Å²) in [6, 6.07) is 1.93. The molecule has 128 valence electrons. The predicted molar refractivity (Wildman–Crippen MR) is 91.2 cm³/mol. The van der Waals surface area contributed by atoms with Gasteiger partial charge >= 0.3 is 5.97 Å². The van der Waals surface area contributed by atoms with Gasteiger partial charge in [-0.25, -0.2) is 0 Å². The smallest absolute Gasteiger partial charge is 0.322 e. The molecule has 2 aromatic rings. The number of hydrogen-bond acceptors (Lipinski definition) is 4. The highest BCUT2D eigenvalue weighted by Gasteiger charge is 2.17. The van der Waals surface area contributed by atoms with Gasteiger partial charge in [0.1, 0.15) is 17.9 Å². The SMILES string of the molecule is CCOc1c(/C(C)=C/C(=O)NCC(=O)O)cc2c(C)coc2c1C. The van der Waals surface area contributed by atoms with E-state index in [1.165, 1.54) is 6.08 Å². The molecule has 0 aliphatic heterocycles. The van der Waals surface area contributed by atoms with Crippen LogP contribution >= 0.6 is 0 Å². The van der Waals surface area contributed by atoms with Gasteiger partial charge in [0.25, 0.3) is 0 Å². The van der Waals surface area contributed by atoms with E-state index in [1.54, 1.807) is 13.2 Å². The fourth-order valence-electron chi connectivity index (χ4n) is 2.55. The van der Waals surface area contributed by atoms with Gasteiger partial charge in [-0.3, -0.25) is 9.59 Å². The van der Waals surface area contributed by atoms with Gasteiger partial charge in [-0.15, -0.1) is 0 Å². The summed E-state index contributed by atoms with van der Waals surface area (Å²) in [7, 11) is 0. The number of ether oxygens (including phenoxy) is 1. The number of nitrogens with one attached hydrogen (secondary N) is 1. The van der Waals surface area contributed by atoms with Crippen molar-refractivity contribution >= 4 is 28.4 Å². The molecule has 1 aromatic heterocycles. The Morgan fingerprint density at radius 1 is 1.38 bits per heavy atom. The van der Waals surface area contributed by atoms with Crippen LogP contribution in [0.2, 0.25) is 0 Å². The molecule has 0 aliphatic carbocycles. The summed E-state index contributed by atoms with van der Waals surface area (Å²) in [4.78, 5) is 22.4. The summed E-state index contributed by atoms with van der Waals surface area (Å²) in [6.45, 7) is 7.61. The molecule has 2 N–H and O–H groups in total. The maximum Gasteiger partial charge on any atom is 0.322 e. The van der Waals surface area contributed by atoms with E-state index in [2.05, 4.69) is 5.32 Å². The fraction of sp³-hybridized carbons (Fsp3) is 0.333. The zero-order valence-electron chi connectivity index (χ0n) is 14.2. The predicted octanol–water partition coefficient (Wildman–Crippen LogP) is 3.05. The van der Waals surface area contributed by atoms with Crippen molar-refractivity contribution in [1.82, 2.24) is 5.32 Å². The summed E-state index contributed by atoms with van der Waals surface area (Å²) in [5.41, 5.74) is 4.11. The van der Waals surface area contributed by atoms with E-state index in [0.29, 0.717) is 17.9 Å². The molecule has 0 spiro atoms. The lowest BCUT2D eigenvalue weighted by molar-refractivity contribution is -0.137. The van der Waals surface area contributed by atoms with E-state index in [-0.39, 0.29) is 0 Å². The van der Waals surface area contributed by atoms with E-state index < -0.39 is 18.4 Å². The minimum Gasteiger partial charge on any atom is -0.493 e. The topological polar surface area (TPSA) is 88.8 Å². The van der Waals surface area contributed by atoms with Crippen LogP contribution in [0.1, 0.15) is 30.5 Å². The second kappa shape index (κ2) is 7.21. The number of carboxylic acids is 1. The number of aliphatic carboxylic acids is 1. The monoisotopic (exact) mass is 331 g/mol. The highest BCUT2D eigenvalue weighted by Crippen LogP contribution is 2.37. The Labute approximate surface area is 140 Å². The summed E-state index contributed by atoms with van der Waals surface area (Å²) >= 11 is 0. The Kier molecular flexibility index (Phi) is 5.28. The lowest BCUT2D eigenvalue weighted by Gasteiger charge is -2.14. The van der Waals surface area contributed by atoms with E-state index >= 15 is 0 Å². The number of carboxylic acid groups (broad SMARTS) is 1. The minimum atomic E-state index is -1.09. The van der Waals surface area contributed by atoms with E-state index in [0.717, 1.165) is 27.7 Å². The second-order valence-corrected chi connectivity index (χ2v) is 5.55. The van der Waals surface area contributed by atoms with Gasteiger partial charge in [-0.2, -0.15) is 0 Å². The number of benzene rings is 1. The van der Waals surface area contributed by atoms with Crippen molar-refractivity contribution in [2.24, 2.45) is 0 Å². The largest absolute Gasteiger partial charge is 0.493 e. The number of aryl methyl sites for hydroxylation is 2. The van der Waals surface area contributed by atoms with Crippen molar-refractivity contribution in [3.05, 3.63) is 35.1 Å². The van der Waals surface area contributed by atoms with Gasteiger partial charge in [0.05, 0.1) is 12.9 Å². The quantitative estimate of drug-likeness (QED) is 0.794. The molecule has 0 aliphatic rings. The molecule has 1 amide bonds. The highest BCUT2D eigenvalue weighted by atomic mass is 16.5. The van der Waals surface area contributed by atoms with Gasteiger partial charge in [-0.1, -0.05) is 0 Å². The van der Waals surface area contributed by atoms with Crippen molar-refractivity contribution in [1.29, 1.82) is 0 Å². The number of fused-ring (bicyclic) bond motifs is 1. The van der Waals surface area contributed by atoms with Crippen molar-refractivity contribution in [3.8, 4) is 5.75 Å². The van der Waals surface area contributed by atoms with Gasteiger partial charge in [0.2, 0.25) is 5.91 Å². The Hall–Kier alpha value is -2.76. The molecule has 0 saturated heterocycles. The van der Waals surface area contributed by atoms with Crippen molar-refractivity contribution in [2.45, 2.75) is 27.7 Å². The number of hydrogen-bond donors (Lipinski definition) is 2. The number of carbonyl (C=O) groups is 2. The van der Waals surface area contributed by atoms with Crippen LogP contribution in [0.15, 0.2) is 22.8 Å². The molecule has 6 heteroatoms. The molecular weight excluding hydrogens is 310 g/mol. The van der Waals surface area contributed by atoms with Gasteiger partial charge in [0.15, 0.2) is 0 Å². The van der Waals surface area contributed by atoms with Gasteiger partial charge in [-0.05, 0) is 44.9 Å². The fourth-order valence-corrected chi connectivity index (χ4v) is 2.55. The minimum absolute atomic E-state index is 0.417. The Morgan fingerprint density at radius 2 is 2.08 bits per heavy atom. The molecule has 0 saturated carbocycles. The van der Waals surface area contributed by atoms with E-state index in [4.69, 9.17) is 14.3 Å². The zero-order chi connectivity index (χ0) is 17.9. The first-order valence-corrected chi connectivity index (χ1v) is 7.67. The van der Waals surface area contributed by atoms with E-state index in [1.807, 2.05) is 26.8 Å². The van der Waals surface area contributed by atoms with Gasteiger partial charge < -0.3 is 19.6 Å². The van der Waals surface area contributed by atoms with Crippen LogP contribution < -0.4 is 10.1 Å². The van der Waals surface area contributed by atoms with Crippen molar-refractivity contribution in [3.63, 3.8) is 0 Å². The van der Waals surface area contributed by atoms with Crippen LogP contribution in [0.5, 0.6) is 5.75 Å². The third-order valence-corrected chi connectivity index (χ3v) is 3.71. The molecule has 0 unspecified atom stereocenters. The highest BCUT2D eigenvalue weighted by molar-refractivity contribution is 5.99. The summed E-state index contributed by atoms with van der Waals surface area (Å²) < 4.78 is 11.4. The molecule has 6 nitrogen and oxygen atoms in total. The molecule has 0 fully saturated rings. The lowest BCUT2D eigenvalue weighted by Crippen LogP contribution is -2.27. The molecule has 0 bridgehead atoms. The standard InChI is InChI=1S/C18H21NO5/c1-5-23-17-12(4)18-14(11(3)9-24-18)7-13(17)10(2)6-15(20)19-8-16(21)22/h6-7,9H,5,8H2,1-4H3,(H,19,20)(H,21,22)/b10-6+. The molecule has 0 atom stereocenters. The Balaban J connectivity index is 2.48. The van der Waals surface area contributed by atoms with Crippen LogP contribution in [0.25, 0.3) is 16.5 Å². The zero-order valence-corrected chi connectivity index (χ0v) is 14.2. The van der Waals surface area contributed by atoms with Crippen LogP contribution in [0.3, 0.4) is 0 Å². The molecule has 2 rings (SSSR count). The summed E-state index contributed by atoms with van der Waals surface area (Å²) in [5.74, 6) is -0.881. The van der Waals surface area contributed by atoms with Crippen molar-refractivity contribution < 1.29 is 23.8 Å². The van der Waals surface area contributed by atoms with Crippen molar-refractivity contribution in [2.75, 3.05) is 13.2 Å². The first-order chi connectivity index (χ1) is 11.3. The number of furan rings is 1. The third-order valence-electron chi connectivity index (χ3n) is 3.71. The number of carbonyl (C=O) groups excluding carboxylic acids is 1. The van der Waals surface area contributed by atoms with Crippen LogP contribution in [-0.4, -0.2) is 30.1 Å². The van der Waals surface area contributed by atoms with Crippen LogP contribution in [-0.2, 0) is 9.59 Å². The maximum atomic E-state index is 11.9. The van der Waals surface area contributed by atoms with Crippen LogP contribution in [0, 0.1) is 13.8 Å².